The number of ether oxygens (including phenoxy) is 2. The molecule has 1 aliphatic rings. The van der Waals surface area contributed by atoms with Crippen molar-refractivity contribution in [3.8, 4) is 11.4 Å². The molecule has 0 radical (unpaired) electrons. The van der Waals surface area contributed by atoms with E-state index in [1.807, 2.05) is 56.4 Å². The summed E-state index contributed by atoms with van der Waals surface area (Å²) in [5, 5.41) is 0. The monoisotopic (exact) mass is 366 g/mol. The zero-order valence-electron chi connectivity index (χ0n) is 16.2. The van der Waals surface area contributed by atoms with Crippen LogP contribution in [0.2, 0.25) is 0 Å². The van der Waals surface area contributed by atoms with Crippen LogP contribution in [0, 0.1) is 0 Å². The molecule has 0 atom stereocenters. The Morgan fingerprint density at radius 1 is 1.07 bits per heavy atom. The third-order valence-electron chi connectivity index (χ3n) is 4.23. The molecular formula is C21H26N4O2. The molecule has 1 saturated heterocycles. The molecule has 0 saturated carbocycles. The summed E-state index contributed by atoms with van der Waals surface area (Å²) in [5.74, 6) is 1.59. The van der Waals surface area contributed by atoms with Gasteiger partial charge in [0.25, 0.3) is 0 Å². The highest BCUT2D eigenvalue weighted by Gasteiger charge is 2.19. The third-order valence-corrected chi connectivity index (χ3v) is 4.23. The smallest absolute Gasteiger partial charge is 0.162 e. The third kappa shape index (κ3) is 4.40. The van der Waals surface area contributed by atoms with Crippen LogP contribution in [0.3, 0.4) is 0 Å². The van der Waals surface area contributed by atoms with E-state index < -0.39 is 0 Å². The lowest BCUT2D eigenvalue weighted by molar-refractivity contribution is 0.122. The van der Waals surface area contributed by atoms with Crippen LogP contribution in [-0.2, 0) is 16.1 Å². The van der Waals surface area contributed by atoms with Crippen LogP contribution in [0.25, 0.3) is 22.4 Å². The van der Waals surface area contributed by atoms with E-state index in [0.29, 0.717) is 25.6 Å². The summed E-state index contributed by atoms with van der Waals surface area (Å²) in [6, 6.07) is 12.1. The molecule has 0 unspecified atom stereocenters. The quantitative estimate of drug-likeness (QED) is 0.702. The van der Waals surface area contributed by atoms with Gasteiger partial charge < -0.3 is 14.4 Å². The van der Waals surface area contributed by atoms with E-state index in [2.05, 4.69) is 9.88 Å². The van der Waals surface area contributed by atoms with Gasteiger partial charge in [-0.2, -0.15) is 0 Å². The van der Waals surface area contributed by atoms with Crippen molar-refractivity contribution in [3.63, 3.8) is 0 Å². The number of fused-ring (bicyclic) bond motifs is 1. The van der Waals surface area contributed by atoms with Crippen LogP contribution in [0.15, 0.2) is 42.6 Å². The number of nitrogens with zero attached hydrogens (tertiary/aromatic N) is 4. The average Bonchev–Trinajstić information content (AvgIpc) is 2.76. The summed E-state index contributed by atoms with van der Waals surface area (Å²) in [7, 11) is 1.68. The molecule has 2 aromatic heterocycles. The van der Waals surface area contributed by atoms with Gasteiger partial charge in [0.1, 0.15) is 5.52 Å². The lowest BCUT2D eigenvalue weighted by Gasteiger charge is -2.28. The molecule has 0 amide bonds. The summed E-state index contributed by atoms with van der Waals surface area (Å²) in [5.41, 5.74) is 3.66. The lowest BCUT2D eigenvalue weighted by atomic mass is 10.2. The molecule has 1 aromatic carbocycles. The summed E-state index contributed by atoms with van der Waals surface area (Å²) in [6.45, 7) is 7.53. The Labute approximate surface area is 160 Å². The first kappa shape index (κ1) is 19.2. The van der Waals surface area contributed by atoms with E-state index >= 15 is 0 Å². The molecule has 27 heavy (non-hydrogen) atoms. The topological polar surface area (TPSA) is 60.4 Å². The van der Waals surface area contributed by atoms with Gasteiger partial charge in [-0.3, -0.25) is 4.98 Å². The Hall–Kier alpha value is -2.57. The largest absolute Gasteiger partial charge is 0.380 e. The molecule has 3 heterocycles. The number of morpholine rings is 1. The van der Waals surface area contributed by atoms with Crippen LogP contribution in [0.5, 0.6) is 0 Å². The summed E-state index contributed by atoms with van der Waals surface area (Å²) >= 11 is 0. The second-order valence-corrected chi connectivity index (χ2v) is 5.98. The molecule has 4 rings (SSSR count). The van der Waals surface area contributed by atoms with E-state index in [1.165, 1.54) is 0 Å². The van der Waals surface area contributed by atoms with Crippen LogP contribution < -0.4 is 4.90 Å². The molecule has 6 nitrogen and oxygen atoms in total. The molecule has 0 bridgehead atoms. The Morgan fingerprint density at radius 3 is 2.52 bits per heavy atom. The van der Waals surface area contributed by atoms with Crippen molar-refractivity contribution in [1.82, 2.24) is 15.0 Å². The van der Waals surface area contributed by atoms with Crippen molar-refractivity contribution in [2.24, 2.45) is 0 Å². The molecule has 1 aliphatic heterocycles. The predicted octanol–water partition coefficient (Wildman–Crippen LogP) is 3.70. The Bertz CT molecular complexity index is 865. The highest BCUT2D eigenvalue weighted by atomic mass is 16.5. The standard InChI is InChI=1S/C19H20N4O2.C2H6/c1-24-13-14-11-16-17(20-12-14)19(23-7-9-25-10-8-23)22-18(21-16)15-5-3-2-4-6-15;1-2/h2-6,11-12H,7-10,13H2,1H3;1-2H3. The molecule has 1 fully saturated rings. The number of anilines is 1. The van der Waals surface area contributed by atoms with Gasteiger partial charge in [-0.25, -0.2) is 9.97 Å². The van der Waals surface area contributed by atoms with Gasteiger partial charge >= 0.3 is 0 Å². The minimum atomic E-state index is 0.514. The van der Waals surface area contributed by atoms with Gasteiger partial charge in [0.2, 0.25) is 0 Å². The van der Waals surface area contributed by atoms with Crippen LogP contribution >= 0.6 is 0 Å². The Kier molecular flexibility index (Phi) is 6.68. The first-order valence-corrected chi connectivity index (χ1v) is 9.39. The van der Waals surface area contributed by atoms with Crippen molar-refractivity contribution in [2.75, 3.05) is 38.3 Å². The number of rotatable bonds is 4. The second-order valence-electron chi connectivity index (χ2n) is 5.98. The minimum Gasteiger partial charge on any atom is -0.380 e. The van der Waals surface area contributed by atoms with E-state index in [-0.39, 0.29) is 0 Å². The Balaban J connectivity index is 0.00000102. The fraction of sp³-hybridized carbons (Fsp3) is 0.381. The number of hydrogen-bond acceptors (Lipinski definition) is 6. The molecule has 0 spiro atoms. The highest BCUT2D eigenvalue weighted by Crippen LogP contribution is 2.27. The van der Waals surface area contributed by atoms with Gasteiger partial charge in [-0.05, 0) is 11.6 Å². The average molecular weight is 366 g/mol. The van der Waals surface area contributed by atoms with Gasteiger partial charge in [-0.1, -0.05) is 44.2 Å². The zero-order chi connectivity index (χ0) is 19.1. The fourth-order valence-electron chi connectivity index (χ4n) is 3.00. The predicted molar refractivity (Wildman–Crippen MR) is 108 cm³/mol. The van der Waals surface area contributed by atoms with Gasteiger partial charge in [0.05, 0.1) is 25.3 Å². The van der Waals surface area contributed by atoms with Crippen LogP contribution in [0.1, 0.15) is 19.4 Å². The summed E-state index contributed by atoms with van der Waals surface area (Å²) < 4.78 is 10.7. The SMILES string of the molecule is CC.COCc1cnc2c(N3CCOCC3)nc(-c3ccccc3)nc2c1. The van der Waals surface area contributed by atoms with Gasteiger partial charge in [-0.15, -0.1) is 0 Å². The van der Waals surface area contributed by atoms with Gasteiger partial charge in [0, 0.05) is 32.0 Å². The lowest BCUT2D eigenvalue weighted by Crippen LogP contribution is -2.37. The maximum atomic E-state index is 5.48. The van der Waals surface area contributed by atoms with E-state index in [4.69, 9.17) is 19.4 Å². The molecular weight excluding hydrogens is 340 g/mol. The second kappa shape index (κ2) is 9.39. The number of benzene rings is 1. The van der Waals surface area contributed by atoms with Crippen molar-refractivity contribution in [1.29, 1.82) is 0 Å². The molecule has 6 heteroatoms. The molecule has 3 aromatic rings. The minimum absolute atomic E-state index is 0.514. The maximum Gasteiger partial charge on any atom is 0.162 e. The summed E-state index contributed by atoms with van der Waals surface area (Å²) in [4.78, 5) is 16.4. The first-order chi connectivity index (χ1) is 13.3. The Morgan fingerprint density at radius 2 is 1.81 bits per heavy atom. The van der Waals surface area contributed by atoms with Crippen molar-refractivity contribution < 1.29 is 9.47 Å². The molecule has 0 N–H and O–H groups in total. The number of methoxy groups -OCH3 is 1. The van der Waals surface area contributed by atoms with E-state index in [0.717, 1.165) is 41.1 Å². The number of hydrogen-bond donors (Lipinski definition) is 0. The van der Waals surface area contributed by atoms with Crippen molar-refractivity contribution >= 4 is 16.9 Å². The van der Waals surface area contributed by atoms with E-state index in [9.17, 15) is 0 Å². The van der Waals surface area contributed by atoms with Crippen LogP contribution in [0.4, 0.5) is 5.82 Å². The fourth-order valence-corrected chi connectivity index (χ4v) is 3.00. The van der Waals surface area contributed by atoms with Gasteiger partial charge in [0.15, 0.2) is 11.6 Å². The van der Waals surface area contributed by atoms with E-state index in [1.54, 1.807) is 7.11 Å². The first-order valence-electron chi connectivity index (χ1n) is 9.39. The maximum absolute atomic E-state index is 5.48. The van der Waals surface area contributed by atoms with Crippen molar-refractivity contribution in [2.45, 2.75) is 20.5 Å². The number of pyridine rings is 1. The summed E-state index contributed by atoms with van der Waals surface area (Å²) in [6.07, 6.45) is 1.83. The highest BCUT2D eigenvalue weighted by molar-refractivity contribution is 5.87. The van der Waals surface area contributed by atoms with Crippen LogP contribution in [-0.4, -0.2) is 48.4 Å². The normalized spacial score (nSPS) is 14.0. The number of aromatic nitrogens is 3. The molecule has 142 valence electrons. The molecule has 0 aliphatic carbocycles. The van der Waals surface area contributed by atoms with Crippen molar-refractivity contribution in [3.05, 3.63) is 48.2 Å². The zero-order valence-corrected chi connectivity index (χ0v) is 16.2.